The minimum atomic E-state index is -0.538. The van der Waals surface area contributed by atoms with Crippen molar-refractivity contribution in [1.29, 1.82) is 0 Å². The highest BCUT2D eigenvalue weighted by atomic mass is 35.5. The average Bonchev–Trinajstić information content (AvgIpc) is 2.95. The Labute approximate surface area is 124 Å². The van der Waals surface area contributed by atoms with E-state index in [9.17, 15) is 5.11 Å². The van der Waals surface area contributed by atoms with Crippen molar-refractivity contribution in [2.45, 2.75) is 45.1 Å². The quantitative estimate of drug-likeness (QED) is 0.919. The predicted octanol–water partition coefficient (Wildman–Crippen LogP) is 4.24. The SMILES string of the molecule is CC(C1CCCCC1)C(O)c1c(Cl)ccc2cncn12. The molecule has 2 unspecified atom stereocenters. The van der Waals surface area contributed by atoms with Gasteiger partial charge < -0.3 is 5.11 Å². The Balaban J connectivity index is 1.92. The van der Waals surface area contributed by atoms with Crippen molar-refractivity contribution in [3.63, 3.8) is 0 Å². The fraction of sp³-hybridized carbons (Fsp3) is 0.562. The molecule has 0 bridgehead atoms. The molecule has 1 N–H and O–H groups in total. The fourth-order valence-corrected chi connectivity index (χ4v) is 3.71. The lowest BCUT2D eigenvalue weighted by Crippen LogP contribution is -2.23. The van der Waals surface area contributed by atoms with Gasteiger partial charge in [-0.05, 0) is 24.0 Å². The van der Waals surface area contributed by atoms with Crippen molar-refractivity contribution in [1.82, 2.24) is 9.38 Å². The summed E-state index contributed by atoms with van der Waals surface area (Å²) < 4.78 is 1.91. The van der Waals surface area contributed by atoms with Crippen LogP contribution >= 0.6 is 11.6 Å². The summed E-state index contributed by atoms with van der Waals surface area (Å²) in [5.74, 6) is 0.814. The molecular weight excluding hydrogens is 272 g/mol. The third-order valence-electron chi connectivity index (χ3n) is 4.74. The maximum Gasteiger partial charge on any atom is 0.0995 e. The van der Waals surface area contributed by atoms with Gasteiger partial charge in [0, 0.05) is 0 Å². The summed E-state index contributed by atoms with van der Waals surface area (Å²) >= 11 is 6.33. The lowest BCUT2D eigenvalue weighted by Gasteiger charge is -2.31. The first-order valence-corrected chi connectivity index (χ1v) is 7.85. The molecule has 108 valence electrons. The topological polar surface area (TPSA) is 37.5 Å². The highest BCUT2D eigenvalue weighted by Crippen LogP contribution is 2.38. The number of pyridine rings is 1. The first kappa shape index (κ1) is 13.9. The van der Waals surface area contributed by atoms with E-state index < -0.39 is 6.10 Å². The molecule has 2 aromatic heterocycles. The van der Waals surface area contributed by atoms with Crippen LogP contribution in [0.5, 0.6) is 0 Å². The number of hydrogen-bond acceptors (Lipinski definition) is 2. The summed E-state index contributed by atoms with van der Waals surface area (Å²) in [6.45, 7) is 2.15. The Bertz CT molecular complexity index is 589. The average molecular weight is 293 g/mol. The summed E-state index contributed by atoms with van der Waals surface area (Å²) in [7, 11) is 0. The van der Waals surface area contributed by atoms with E-state index in [1.807, 2.05) is 16.5 Å². The van der Waals surface area contributed by atoms with Gasteiger partial charge in [0.2, 0.25) is 0 Å². The second-order valence-corrected chi connectivity index (χ2v) is 6.36. The normalized spacial score (nSPS) is 20.1. The molecule has 0 amide bonds. The first-order chi connectivity index (χ1) is 9.68. The van der Waals surface area contributed by atoms with Crippen LogP contribution in [0.4, 0.5) is 0 Å². The van der Waals surface area contributed by atoms with Gasteiger partial charge in [-0.15, -0.1) is 0 Å². The monoisotopic (exact) mass is 292 g/mol. The zero-order valence-corrected chi connectivity index (χ0v) is 12.6. The van der Waals surface area contributed by atoms with E-state index in [0.717, 1.165) is 11.2 Å². The van der Waals surface area contributed by atoms with Gasteiger partial charge in [0.05, 0.1) is 34.9 Å². The maximum atomic E-state index is 10.8. The molecule has 3 nitrogen and oxygen atoms in total. The van der Waals surface area contributed by atoms with Gasteiger partial charge in [-0.25, -0.2) is 4.98 Å². The molecule has 0 aromatic carbocycles. The highest BCUT2D eigenvalue weighted by Gasteiger charge is 2.29. The van der Waals surface area contributed by atoms with Crippen LogP contribution in [0.3, 0.4) is 0 Å². The molecule has 0 saturated heterocycles. The molecule has 1 saturated carbocycles. The molecule has 20 heavy (non-hydrogen) atoms. The van der Waals surface area contributed by atoms with Crippen LogP contribution in [0.25, 0.3) is 5.52 Å². The molecular formula is C16H21ClN2O. The molecule has 0 radical (unpaired) electrons. The molecule has 3 rings (SSSR count). The fourth-order valence-electron chi connectivity index (χ4n) is 3.44. The van der Waals surface area contributed by atoms with Gasteiger partial charge in [-0.1, -0.05) is 50.6 Å². The van der Waals surface area contributed by atoms with Crippen LogP contribution < -0.4 is 0 Å². The summed E-state index contributed by atoms with van der Waals surface area (Å²) in [6, 6.07) is 3.78. The molecule has 0 aliphatic heterocycles. The molecule has 2 heterocycles. The van der Waals surface area contributed by atoms with Crippen molar-refractivity contribution in [3.05, 3.63) is 35.4 Å². The van der Waals surface area contributed by atoms with Crippen molar-refractivity contribution >= 4 is 17.1 Å². The van der Waals surface area contributed by atoms with E-state index in [1.54, 1.807) is 12.5 Å². The predicted molar refractivity (Wildman–Crippen MR) is 80.9 cm³/mol. The van der Waals surface area contributed by atoms with Crippen molar-refractivity contribution in [2.75, 3.05) is 0 Å². The number of hydrogen-bond donors (Lipinski definition) is 1. The number of aliphatic hydroxyl groups is 1. The van der Waals surface area contributed by atoms with Gasteiger partial charge in [-0.2, -0.15) is 0 Å². The van der Waals surface area contributed by atoms with Crippen LogP contribution in [0.2, 0.25) is 5.02 Å². The standard InChI is InChI=1S/C16H21ClN2O/c1-11(12-5-3-2-4-6-12)16(20)15-14(17)8-7-13-9-18-10-19(13)15/h7-12,16,20H,2-6H2,1H3. The van der Waals surface area contributed by atoms with Gasteiger partial charge >= 0.3 is 0 Å². The van der Waals surface area contributed by atoms with E-state index in [2.05, 4.69) is 11.9 Å². The maximum absolute atomic E-state index is 10.8. The van der Waals surface area contributed by atoms with Crippen LogP contribution in [-0.2, 0) is 0 Å². The Hall–Kier alpha value is -1.06. The number of rotatable bonds is 3. The number of aliphatic hydroxyl groups excluding tert-OH is 1. The molecule has 1 aliphatic carbocycles. The van der Waals surface area contributed by atoms with Crippen LogP contribution in [0, 0.1) is 11.8 Å². The summed E-state index contributed by atoms with van der Waals surface area (Å²) in [6.07, 6.45) is 9.31. The third-order valence-corrected chi connectivity index (χ3v) is 5.06. The zero-order chi connectivity index (χ0) is 14.1. The molecule has 2 aromatic rings. The van der Waals surface area contributed by atoms with E-state index in [0.29, 0.717) is 10.9 Å². The number of aromatic nitrogens is 2. The van der Waals surface area contributed by atoms with Gasteiger partial charge in [0.15, 0.2) is 0 Å². The van der Waals surface area contributed by atoms with Crippen molar-refractivity contribution in [3.8, 4) is 0 Å². The third kappa shape index (κ3) is 2.45. The molecule has 1 aliphatic rings. The van der Waals surface area contributed by atoms with Gasteiger partial charge in [0.25, 0.3) is 0 Å². The number of nitrogens with zero attached hydrogens (tertiary/aromatic N) is 2. The molecule has 1 fully saturated rings. The summed E-state index contributed by atoms with van der Waals surface area (Å²) in [5, 5.41) is 11.4. The number of fused-ring (bicyclic) bond motifs is 1. The van der Waals surface area contributed by atoms with Gasteiger partial charge in [0.1, 0.15) is 0 Å². The second kappa shape index (κ2) is 5.74. The largest absolute Gasteiger partial charge is 0.387 e. The van der Waals surface area contributed by atoms with Gasteiger partial charge in [-0.3, -0.25) is 4.40 Å². The lowest BCUT2D eigenvalue weighted by molar-refractivity contribution is 0.0644. The number of imidazole rings is 1. The summed E-state index contributed by atoms with van der Waals surface area (Å²) in [5.41, 5.74) is 1.75. The summed E-state index contributed by atoms with van der Waals surface area (Å²) in [4.78, 5) is 4.15. The Kier molecular flexibility index (Phi) is 3.99. The lowest BCUT2D eigenvalue weighted by atomic mass is 9.77. The molecule has 2 atom stereocenters. The zero-order valence-electron chi connectivity index (χ0n) is 11.8. The van der Waals surface area contributed by atoms with Crippen molar-refractivity contribution in [2.24, 2.45) is 11.8 Å². The van der Waals surface area contributed by atoms with E-state index in [1.165, 1.54) is 32.1 Å². The highest BCUT2D eigenvalue weighted by molar-refractivity contribution is 6.31. The minimum Gasteiger partial charge on any atom is -0.387 e. The van der Waals surface area contributed by atoms with Crippen LogP contribution in [-0.4, -0.2) is 14.5 Å². The van der Waals surface area contributed by atoms with E-state index in [-0.39, 0.29) is 5.92 Å². The van der Waals surface area contributed by atoms with E-state index in [4.69, 9.17) is 11.6 Å². The molecule has 4 heteroatoms. The van der Waals surface area contributed by atoms with Crippen molar-refractivity contribution < 1.29 is 5.11 Å². The van der Waals surface area contributed by atoms with Crippen LogP contribution in [0.15, 0.2) is 24.7 Å². The Morgan fingerprint density at radius 2 is 2.05 bits per heavy atom. The molecule has 0 spiro atoms. The first-order valence-electron chi connectivity index (χ1n) is 7.47. The van der Waals surface area contributed by atoms with Crippen LogP contribution in [0.1, 0.15) is 50.8 Å². The number of halogens is 1. The second-order valence-electron chi connectivity index (χ2n) is 5.96. The Morgan fingerprint density at radius 3 is 2.80 bits per heavy atom. The minimum absolute atomic E-state index is 0.223. The Morgan fingerprint density at radius 1 is 1.30 bits per heavy atom. The van der Waals surface area contributed by atoms with E-state index >= 15 is 0 Å². The smallest absolute Gasteiger partial charge is 0.0995 e.